The summed E-state index contributed by atoms with van der Waals surface area (Å²) >= 11 is 0. The van der Waals surface area contributed by atoms with E-state index in [9.17, 15) is 0 Å². The molecule has 3 nitrogen and oxygen atoms in total. The third kappa shape index (κ3) is 6.06. The van der Waals surface area contributed by atoms with Gasteiger partial charge in [0.15, 0.2) is 0 Å². The highest BCUT2D eigenvalue weighted by Gasteiger charge is 2.24. The number of para-hydroxylation sites is 2. The second-order valence-corrected chi connectivity index (χ2v) is 14.1. The molecule has 8 aromatic carbocycles. The molecule has 0 amide bonds. The minimum atomic E-state index is 0.865. The van der Waals surface area contributed by atoms with Crippen molar-refractivity contribution in [2.45, 2.75) is 12.8 Å². The fourth-order valence-corrected chi connectivity index (χ4v) is 8.14. The molecule has 1 aliphatic carbocycles. The van der Waals surface area contributed by atoms with E-state index in [1.54, 1.807) is 0 Å². The van der Waals surface area contributed by atoms with Gasteiger partial charge in [-0.1, -0.05) is 140 Å². The second kappa shape index (κ2) is 14.0. The van der Waals surface area contributed by atoms with Crippen molar-refractivity contribution in [2.24, 2.45) is 0 Å². The van der Waals surface area contributed by atoms with E-state index in [0.29, 0.717) is 0 Å². The molecule has 0 N–H and O–H groups in total. The van der Waals surface area contributed by atoms with Crippen LogP contribution in [0.1, 0.15) is 18.4 Å². The predicted molar refractivity (Wildman–Crippen MR) is 232 cm³/mol. The van der Waals surface area contributed by atoms with Gasteiger partial charge in [0, 0.05) is 50.7 Å². The van der Waals surface area contributed by atoms with E-state index < -0.39 is 0 Å². The Kier molecular flexibility index (Phi) is 8.31. The minimum absolute atomic E-state index is 0.865. The Balaban J connectivity index is 1.15. The highest BCUT2D eigenvalue weighted by Crippen LogP contribution is 2.46. The Morgan fingerprint density at radius 2 is 0.982 bits per heavy atom. The lowest BCUT2D eigenvalue weighted by atomic mass is 9.95. The maximum Gasteiger partial charge on any atom is 0.138 e. The van der Waals surface area contributed by atoms with E-state index in [0.717, 1.165) is 63.2 Å². The van der Waals surface area contributed by atoms with Gasteiger partial charge in [0.05, 0.1) is 5.69 Å². The van der Waals surface area contributed by atoms with Gasteiger partial charge in [-0.25, -0.2) is 0 Å². The number of rotatable bonds is 8. The standard InChI is InChI=1S/C52H38N2O/c1-5-17-37(18-6-1)39-21-15-27-43(33-39)53(41-23-9-3-10-24-41)45-31-32-50-48(35-45)52-47-30-14-13-29-46(47)49(36-51(52)55-50)54(42-25-11-4-12-26-42)44-28-16-22-40(34-44)38-19-7-2-8-20-38/h1-15,17-27,29-36H,16,28H2. The second-order valence-electron chi connectivity index (χ2n) is 14.1. The third-order valence-electron chi connectivity index (χ3n) is 10.7. The number of hydrogen-bond acceptors (Lipinski definition) is 3. The van der Waals surface area contributed by atoms with Gasteiger partial charge in [0.25, 0.3) is 0 Å². The van der Waals surface area contributed by atoms with E-state index in [-0.39, 0.29) is 0 Å². The number of furan rings is 1. The van der Waals surface area contributed by atoms with Gasteiger partial charge >= 0.3 is 0 Å². The SMILES string of the molecule is C1=C(c2ccccc2)C=C(N(c2ccccc2)c2cc3oc4ccc(N(c5ccccc5)c5cccc(-c6ccccc6)c5)cc4c3c3ccccc23)CC1. The molecule has 1 heterocycles. The third-order valence-corrected chi connectivity index (χ3v) is 10.7. The summed E-state index contributed by atoms with van der Waals surface area (Å²) in [5.41, 5.74) is 13.3. The summed E-state index contributed by atoms with van der Waals surface area (Å²) in [6, 6.07) is 69.1. The van der Waals surface area contributed by atoms with Crippen LogP contribution in [0.4, 0.5) is 28.4 Å². The zero-order valence-corrected chi connectivity index (χ0v) is 30.3. The molecule has 1 aromatic heterocycles. The van der Waals surface area contributed by atoms with E-state index in [2.05, 4.69) is 216 Å². The maximum absolute atomic E-state index is 6.81. The van der Waals surface area contributed by atoms with Crippen LogP contribution in [0.25, 0.3) is 49.4 Å². The van der Waals surface area contributed by atoms with Gasteiger partial charge in [0.1, 0.15) is 11.2 Å². The summed E-state index contributed by atoms with van der Waals surface area (Å²) in [6.45, 7) is 0. The van der Waals surface area contributed by atoms with Gasteiger partial charge in [-0.15, -0.1) is 0 Å². The Morgan fingerprint density at radius 1 is 0.400 bits per heavy atom. The molecule has 0 saturated carbocycles. The fraction of sp³-hybridized carbons (Fsp3) is 0.0385. The summed E-state index contributed by atoms with van der Waals surface area (Å²) in [7, 11) is 0. The molecule has 0 unspecified atom stereocenters. The van der Waals surface area contributed by atoms with Gasteiger partial charge in [-0.2, -0.15) is 0 Å². The van der Waals surface area contributed by atoms with Crippen LogP contribution >= 0.6 is 0 Å². The first-order chi connectivity index (χ1) is 27.3. The molecule has 55 heavy (non-hydrogen) atoms. The van der Waals surface area contributed by atoms with Crippen molar-refractivity contribution in [1.82, 2.24) is 0 Å². The highest BCUT2D eigenvalue weighted by molar-refractivity contribution is 6.22. The molecule has 0 saturated heterocycles. The number of benzene rings is 8. The van der Waals surface area contributed by atoms with Crippen LogP contribution in [0.2, 0.25) is 0 Å². The zero-order chi connectivity index (χ0) is 36.6. The first kappa shape index (κ1) is 32.5. The number of anilines is 5. The molecule has 0 bridgehead atoms. The van der Waals surface area contributed by atoms with Crippen LogP contribution in [0.15, 0.2) is 216 Å². The van der Waals surface area contributed by atoms with Gasteiger partial charge in [-0.3, -0.25) is 0 Å². The summed E-state index contributed by atoms with van der Waals surface area (Å²) in [5, 5.41) is 4.56. The average molecular weight is 707 g/mol. The van der Waals surface area contributed by atoms with Crippen LogP contribution < -0.4 is 9.80 Å². The van der Waals surface area contributed by atoms with E-state index in [4.69, 9.17) is 4.42 Å². The van der Waals surface area contributed by atoms with Gasteiger partial charge in [-0.05, 0) is 101 Å². The number of allylic oxidation sites excluding steroid dienone is 4. The molecule has 262 valence electrons. The normalized spacial score (nSPS) is 12.8. The van der Waals surface area contributed by atoms with Gasteiger partial charge < -0.3 is 14.2 Å². The van der Waals surface area contributed by atoms with Crippen molar-refractivity contribution in [2.75, 3.05) is 9.80 Å². The molecule has 0 atom stereocenters. The lowest BCUT2D eigenvalue weighted by molar-refractivity contribution is 0.669. The van der Waals surface area contributed by atoms with Crippen LogP contribution in [0.5, 0.6) is 0 Å². The maximum atomic E-state index is 6.81. The van der Waals surface area contributed by atoms with Crippen molar-refractivity contribution in [3.05, 3.63) is 218 Å². The first-order valence-electron chi connectivity index (χ1n) is 19.0. The van der Waals surface area contributed by atoms with Crippen molar-refractivity contribution in [1.29, 1.82) is 0 Å². The van der Waals surface area contributed by atoms with E-state index in [1.807, 2.05) is 0 Å². The van der Waals surface area contributed by atoms with Crippen LogP contribution in [0.3, 0.4) is 0 Å². The summed E-state index contributed by atoms with van der Waals surface area (Å²) < 4.78 is 6.81. The summed E-state index contributed by atoms with van der Waals surface area (Å²) in [6.07, 6.45) is 6.62. The topological polar surface area (TPSA) is 19.6 Å². The number of nitrogens with zero attached hydrogens (tertiary/aromatic N) is 2. The quantitative estimate of drug-likeness (QED) is 0.157. The van der Waals surface area contributed by atoms with Crippen molar-refractivity contribution in [3.63, 3.8) is 0 Å². The highest BCUT2D eigenvalue weighted by atomic mass is 16.3. The number of fused-ring (bicyclic) bond motifs is 5. The first-order valence-corrected chi connectivity index (χ1v) is 19.0. The summed E-state index contributed by atoms with van der Waals surface area (Å²) in [4.78, 5) is 4.78. The van der Waals surface area contributed by atoms with Crippen LogP contribution in [0, 0.1) is 0 Å². The molecule has 1 aliphatic rings. The lowest BCUT2D eigenvalue weighted by Gasteiger charge is -2.31. The van der Waals surface area contributed by atoms with Crippen LogP contribution in [-0.2, 0) is 0 Å². The minimum Gasteiger partial charge on any atom is -0.456 e. The largest absolute Gasteiger partial charge is 0.456 e. The Hall–Kier alpha value is -7.10. The summed E-state index contributed by atoms with van der Waals surface area (Å²) in [5.74, 6) is 0. The van der Waals surface area contributed by atoms with Crippen molar-refractivity contribution >= 4 is 66.7 Å². The Morgan fingerprint density at radius 3 is 1.71 bits per heavy atom. The van der Waals surface area contributed by atoms with Gasteiger partial charge in [0.2, 0.25) is 0 Å². The Labute approximate surface area is 321 Å². The molecule has 3 heteroatoms. The van der Waals surface area contributed by atoms with Crippen molar-refractivity contribution < 1.29 is 4.42 Å². The Bertz CT molecular complexity index is 2860. The lowest BCUT2D eigenvalue weighted by Crippen LogP contribution is -2.18. The van der Waals surface area contributed by atoms with E-state index in [1.165, 1.54) is 38.7 Å². The van der Waals surface area contributed by atoms with Crippen LogP contribution in [-0.4, -0.2) is 0 Å². The fourth-order valence-electron chi connectivity index (χ4n) is 8.14. The molecule has 0 radical (unpaired) electrons. The zero-order valence-electron chi connectivity index (χ0n) is 30.3. The number of hydrogen-bond donors (Lipinski definition) is 0. The predicted octanol–water partition coefficient (Wildman–Crippen LogP) is 14.8. The monoisotopic (exact) mass is 706 g/mol. The molecule has 9 aromatic rings. The molecular weight excluding hydrogens is 669 g/mol. The molecular formula is C52H38N2O. The average Bonchev–Trinajstić information content (AvgIpc) is 3.64. The molecule has 0 spiro atoms. The van der Waals surface area contributed by atoms with Crippen molar-refractivity contribution in [3.8, 4) is 11.1 Å². The molecule has 10 rings (SSSR count). The smallest absolute Gasteiger partial charge is 0.138 e. The van der Waals surface area contributed by atoms with E-state index >= 15 is 0 Å². The molecule has 0 aliphatic heterocycles. The molecule has 0 fully saturated rings.